The lowest BCUT2D eigenvalue weighted by molar-refractivity contribution is 0.112. The predicted molar refractivity (Wildman–Crippen MR) is 74.1 cm³/mol. The van der Waals surface area contributed by atoms with Crippen molar-refractivity contribution in [2.24, 2.45) is 0 Å². The van der Waals surface area contributed by atoms with Crippen LogP contribution < -0.4 is 4.74 Å². The summed E-state index contributed by atoms with van der Waals surface area (Å²) in [6.45, 7) is 0.0432. The summed E-state index contributed by atoms with van der Waals surface area (Å²) in [4.78, 5) is 11.0. The number of hydrogen-bond donors (Lipinski definition) is 1. The molecule has 2 aromatic carbocycles. The highest BCUT2D eigenvalue weighted by molar-refractivity contribution is 6.30. The predicted octanol–water partition coefficient (Wildman–Crippen LogP) is 3.48. The summed E-state index contributed by atoms with van der Waals surface area (Å²) in [5.41, 5.74) is 1.28. The summed E-state index contributed by atoms with van der Waals surface area (Å²) in [6.07, 6.45) is 1.20. The fraction of sp³-hybridized carbons (Fsp3) is 0.133. The van der Waals surface area contributed by atoms with Crippen molar-refractivity contribution in [3.05, 3.63) is 58.6 Å². The van der Waals surface area contributed by atoms with Crippen LogP contribution in [0.25, 0.3) is 0 Å². The molecule has 0 aliphatic carbocycles. The quantitative estimate of drug-likeness (QED) is 0.851. The highest BCUT2D eigenvalue weighted by Crippen LogP contribution is 2.29. The largest absolute Gasteiger partial charge is 0.456 e. The van der Waals surface area contributed by atoms with Gasteiger partial charge in [0.15, 0.2) is 6.29 Å². The van der Waals surface area contributed by atoms with Crippen molar-refractivity contribution in [3.8, 4) is 11.5 Å². The van der Waals surface area contributed by atoms with E-state index < -0.39 is 0 Å². The number of rotatable bonds is 5. The van der Waals surface area contributed by atoms with E-state index in [1.165, 1.54) is 0 Å². The molecule has 0 saturated heterocycles. The van der Waals surface area contributed by atoms with Crippen LogP contribution in [0.15, 0.2) is 42.5 Å². The second kappa shape index (κ2) is 6.36. The maximum Gasteiger partial charge on any atom is 0.153 e. The van der Waals surface area contributed by atoms with Crippen LogP contribution in [0.4, 0.5) is 0 Å². The zero-order valence-corrected chi connectivity index (χ0v) is 10.9. The molecule has 0 saturated carbocycles. The number of carbonyl (C=O) groups is 1. The van der Waals surface area contributed by atoms with Crippen molar-refractivity contribution in [1.82, 2.24) is 0 Å². The topological polar surface area (TPSA) is 46.5 Å². The number of para-hydroxylation sites is 1. The number of aliphatic hydroxyl groups excluding tert-OH is 1. The molecule has 0 aliphatic heterocycles. The molecule has 0 radical (unpaired) electrons. The van der Waals surface area contributed by atoms with Gasteiger partial charge in [0, 0.05) is 11.6 Å². The molecule has 0 heterocycles. The summed E-state index contributed by atoms with van der Waals surface area (Å²) in [5, 5.41) is 9.50. The third-order valence-electron chi connectivity index (χ3n) is 2.67. The lowest BCUT2D eigenvalue weighted by Crippen LogP contribution is -1.96. The third kappa shape index (κ3) is 3.34. The van der Waals surface area contributed by atoms with E-state index in [2.05, 4.69) is 0 Å². The molecular formula is C15H13ClO3. The van der Waals surface area contributed by atoms with Gasteiger partial charge in [-0.2, -0.15) is 0 Å². The zero-order valence-electron chi connectivity index (χ0n) is 10.2. The van der Waals surface area contributed by atoms with E-state index in [4.69, 9.17) is 21.4 Å². The number of halogens is 1. The van der Waals surface area contributed by atoms with E-state index >= 15 is 0 Å². The Labute approximate surface area is 116 Å². The molecule has 2 rings (SSSR count). The number of hydrogen-bond acceptors (Lipinski definition) is 3. The Bertz CT molecular complexity index is 581. The number of benzene rings is 2. The van der Waals surface area contributed by atoms with Gasteiger partial charge in [-0.1, -0.05) is 29.8 Å². The first-order valence-corrected chi connectivity index (χ1v) is 6.23. The molecule has 0 aromatic heterocycles. The Balaban J connectivity index is 2.33. The highest BCUT2D eigenvalue weighted by Gasteiger charge is 2.08. The van der Waals surface area contributed by atoms with Gasteiger partial charge in [0.1, 0.15) is 11.5 Å². The van der Waals surface area contributed by atoms with Crippen LogP contribution in [0.5, 0.6) is 11.5 Å². The Morgan fingerprint density at radius 2 is 1.95 bits per heavy atom. The van der Waals surface area contributed by atoms with Gasteiger partial charge >= 0.3 is 0 Å². The maximum absolute atomic E-state index is 11.0. The second-order valence-corrected chi connectivity index (χ2v) is 4.42. The SMILES string of the molecule is O=Cc1cc(Cl)ccc1Oc1ccccc1CCO. The van der Waals surface area contributed by atoms with Gasteiger partial charge in [0.2, 0.25) is 0 Å². The molecule has 19 heavy (non-hydrogen) atoms. The zero-order chi connectivity index (χ0) is 13.7. The number of carbonyl (C=O) groups excluding carboxylic acids is 1. The van der Waals surface area contributed by atoms with Crippen LogP contribution in [-0.4, -0.2) is 18.0 Å². The summed E-state index contributed by atoms with van der Waals surface area (Å²) < 4.78 is 5.74. The van der Waals surface area contributed by atoms with Crippen molar-refractivity contribution >= 4 is 17.9 Å². The van der Waals surface area contributed by atoms with Crippen molar-refractivity contribution < 1.29 is 14.6 Å². The van der Waals surface area contributed by atoms with Crippen molar-refractivity contribution in [3.63, 3.8) is 0 Å². The van der Waals surface area contributed by atoms with E-state index in [-0.39, 0.29) is 6.61 Å². The molecule has 0 bridgehead atoms. The van der Waals surface area contributed by atoms with Crippen LogP contribution in [0.1, 0.15) is 15.9 Å². The molecule has 98 valence electrons. The molecule has 0 spiro atoms. The third-order valence-corrected chi connectivity index (χ3v) is 2.91. The van der Waals surface area contributed by atoms with Gasteiger partial charge in [-0.15, -0.1) is 0 Å². The number of aldehydes is 1. The first kappa shape index (κ1) is 13.6. The van der Waals surface area contributed by atoms with Crippen molar-refractivity contribution in [2.75, 3.05) is 6.61 Å². The van der Waals surface area contributed by atoms with Crippen LogP contribution in [0.3, 0.4) is 0 Å². The molecule has 0 aliphatic rings. The standard InChI is InChI=1S/C15H13ClO3/c16-13-5-6-15(12(9-13)10-18)19-14-4-2-1-3-11(14)7-8-17/h1-6,9-10,17H,7-8H2. The van der Waals surface area contributed by atoms with Gasteiger partial charge in [-0.3, -0.25) is 4.79 Å². The van der Waals surface area contributed by atoms with Crippen LogP contribution in [0, 0.1) is 0 Å². The van der Waals surface area contributed by atoms with E-state index in [0.717, 1.165) is 5.56 Å². The number of ether oxygens (including phenoxy) is 1. The fourth-order valence-corrected chi connectivity index (χ4v) is 1.93. The highest BCUT2D eigenvalue weighted by atomic mass is 35.5. The Hall–Kier alpha value is -1.84. The Morgan fingerprint density at radius 3 is 2.68 bits per heavy atom. The van der Waals surface area contributed by atoms with Gasteiger partial charge < -0.3 is 9.84 Å². The molecule has 0 atom stereocenters. The van der Waals surface area contributed by atoms with Crippen LogP contribution in [-0.2, 0) is 6.42 Å². The fourth-order valence-electron chi connectivity index (χ4n) is 1.75. The minimum atomic E-state index is 0.0432. The first-order valence-electron chi connectivity index (χ1n) is 5.86. The first-order chi connectivity index (χ1) is 9.24. The molecule has 0 unspecified atom stereocenters. The molecular weight excluding hydrogens is 264 g/mol. The monoisotopic (exact) mass is 276 g/mol. The van der Waals surface area contributed by atoms with Crippen LogP contribution in [0.2, 0.25) is 5.02 Å². The molecule has 3 nitrogen and oxygen atoms in total. The van der Waals surface area contributed by atoms with Gasteiger partial charge in [-0.25, -0.2) is 0 Å². The second-order valence-electron chi connectivity index (χ2n) is 3.98. The lowest BCUT2D eigenvalue weighted by atomic mass is 10.1. The summed E-state index contributed by atoms with van der Waals surface area (Å²) in [6, 6.07) is 12.3. The van der Waals surface area contributed by atoms with E-state index in [1.54, 1.807) is 24.3 Å². The molecule has 1 N–H and O–H groups in total. The minimum absolute atomic E-state index is 0.0432. The average molecular weight is 277 g/mol. The molecule has 0 fully saturated rings. The maximum atomic E-state index is 11.0. The van der Waals surface area contributed by atoms with E-state index in [9.17, 15) is 4.79 Å². The lowest BCUT2D eigenvalue weighted by Gasteiger charge is -2.12. The van der Waals surface area contributed by atoms with Gasteiger partial charge in [-0.05, 0) is 36.2 Å². The van der Waals surface area contributed by atoms with Gasteiger partial charge in [0.25, 0.3) is 0 Å². The smallest absolute Gasteiger partial charge is 0.153 e. The molecule has 4 heteroatoms. The summed E-state index contributed by atoms with van der Waals surface area (Å²) >= 11 is 5.83. The summed E-state index contributed by atoms with van der Waals surface area (Å²) in [5.74, 6) is 1.08. The Kier molecular flexibility index (Phi) is 4.55. The van der Waals surface area contributed by atoms with Crippen molar-refractivity contribution in [1.29, 1.82) is 0 Å². The van der Waals surface area contributed by atoms with E-state index in [1.807, 2.05) is 18.2 Å². The Morgan fingerprint density at radius 1 is 1.16 bits per heavy atom. The minimum Gasteiger partial charge on any atom is -0.456 e. The number of aliphatic hydroxyl groups is 1. The average Bonchev–Trinajstić information content (AvgIpc) is 2.43. The van der Waals surface area contributed by atoms with Crippen molar-refractivity contribution in [2.45, 2.75) is 6.42 Å². The normalized spacial score (nSPS) is 10.2. The molecule has 2 aromatic rings. The van der Waals surface area contributed by atoms with Crippen LogP contribution >= 0.6 is 11.6 Å². The summed E-state index contributed by atoms with van der Waals surface area (Å²) in [7, 11) is 0. The van der Waals surface area contributed by atoms with Gasteiger partial charge in [0.05, 0.1) is 5.56 Å². The molecule has 0 amide bonds. The van der Waals surface area contributed by atoms with E-state index in [0.29, 0.717) is 34.8 Å².